The Balaban J connectivity index is 0.000000141. The van der Waals surface area contributed by atoms with E-state index in [9.17, 15) is 0 Å². The first-order valence-corrected chi connectivity index (χ1v) is 17.2. The molecule has 33 heavy (non-hydrogen) atoms. The van der Waals surface area contributed by atoms with Gasteiger partial charge in [-0.1, -0.05) is 77.4 Å². The second-order valence-electron chi connectivity index (χ2n) is 8.10. The molecular weight excluding hydrogens is 522 g/mol. The van der Waals surface area contributed by atoms with Crippen molar-refractivity contribution in [1.29, 1.82) is 0 Å². The van der Waals surface area contributed by atoms with E-state index in [1.54, 1.807) is 0 Å². The monoisotopic (exact) mass is 544 g/mol. The molecule has 0 aliphatic rings. The third kappa shape index (κ3) is 5.67. The SMILES string of the molecule is Cc1ccc2c(c1)[cH-]c1cc(C)ccc12.[Cl][Zr+2][Cl].c1ccc(-c2cccc3[cH-]ccc23)cc1. The van der Waals surface area contributed by atoms with E-state index in [0.29, 0.717) is 0 Å². The Labute approximate surface area is 214 Å². The summed E-state index contributed by atoms with van der Waals surface area (Å²) in [5.41, 5.74) is 5.26. The molecule has 0 aliphatic carbocycles. The molecule has 0 atom stereocenters. The van der Waals surface area contributed by atoms with Crippen LogP contribution in [0.1, 0.15) is 11.1 Å². The Bertz CT molecular complexity index is 1420. The minimum atomic E-state index is -0.826. The van der Waals surface area contributed by atoms with Crippen LogP contribution in [-0.2, 0) is 20.8 Å². The van der Waals surface area contributed by atoms with Crippen molar-refractivity contribution >= 4 is 49.3 Å². The van der Waals surface area contributed by atoms with Gasteiger partial charge < -0.3 is 0 Å². The van der Waals surface area contributed by atoms with Crippen LogP contribution in [0.5, 0.6) is 0 Å². The molecule has 0 saturated carbocycles. The summed E-state index contributed by atoms with van der Waals surface area (Å²) in [7, 11) is 9.87. The number of benzene rings is 4. The van der Waals surface area contributed by atoms with Crippen LogP contribution in [0.3, 0.4) is 0 Å². The second-order valence-corrected chi connectivity index (χ2v) is 11.8. The minimum Gasteiger partial charge on any atom is -0.168 e. The molecule has 0 radical (unpaired) electrons. The van der Waals surface area contributed by atoms with Crippen LogP contribution in [0.2, 0.25) is 0 Å². The van der Waals surface area contributed by atoms with Gasteiger partial charge in [-0.15, -0.1) is 68.7 Å². The second kappa shape index (κ2) is 11.3. The number of rotatable bonds is 1. The van der Waals surface area contributed by atoms with Gasteiger partial charge in [0.1, 0.15) is 0 Å². The summed E-state index contributed by atoms with van der Waals surface area (Å²) in [6.07, 6.45) is 0. The van der Waals surface area contributed by atoms with Crippen LogP contribution in [0.15, 0.2) is 109 Å². The van der Waals surface area contributed by atoms with Crippen molar-refractivity contribution < 1.29 is 20.8 Å². The first-order chi connectivity index (χ1) is 16.1. The van der Waals surface area contributed by atoms with Gasteiger partial charge in [-0.25, -0.2) is 0 Å². The summed E-state index contributed by atoms with van der Waals surface area (Å²) < 4.78 is 0. The average Bonchev–Trinajstić information content (AvgIpc) is 3.44. The van der Waals surface area contributed by atoms with Gasteiger partial charge in [0.25, 0.3) is 0 Å². The molecule has 0 nitrogen and oxygen atoms in total. The van der Waals surface area contributed by atoms with E-state index in [2.05, 4.69) is 123 Å². The number of hydrogen-bond acceptors (Lipinski definition) is 0. The van der Waals surface area contributed by atoms with Crippen molar-refractivity contribution in [2.75, 3.05) is 0 Å². The van der Waals surface area contributed by atoms with Gasteiger partial charge in [-0.3, -0.25) is 0 Å². The van der Waals surface area contributed by atoms with Crippen LogP contribution < -0.4 is 0 Å². The van der Waals surface area contributed by atoms with E-state index in [4.69, 9.17) is 17.0 Å². The zero-order chi connectivity index (χ0) is 23.2. The predicted molar refractivity (Wildman–Crippen MR) is 143 cm³/mol. The maximum atomic E-state index is 4.93. The molecule has 3 heteroatoms. The Kier molecular flexibility index (Phi) is 8.21. The molecule has 6 aromatic carbocycles. The van der Waals surface area contributed by atoms with Gasteiger partial charge in [0.2, 0.25) is 0 Å². The van der Waals surface area contributed by atoms with Crippen molar-refractivity contribution in [3.05, 3.63) is 120 Å². The molecule has 162 valence electrons. The third-order valence-corrected chi connectivity index (χ3v) is 5.78. The van der Waals surface area contributed by atoms with Crippen molar-refractivity contribution in [3.8, 4) is 11.1 Å². The van der Waals surface area contributed by atoms with Gasteiger partial charge in [-0.2, -0.15) is 12.1 Å². The van der Waals surface area contributed by atoms with E-state index < -0.39 is 20.8 Å². The van der Waals surface area contributed by atoms with Crippen molar-refractivity contribution in [2.45, 2.75) is 13.8 Å². The van der Waals surface area contributed by atoms with Gasteiger partial charge in [0.15, 0.2) is 0 Å². The number of fused-ring (bicyclic) bond motifs is 4. The fraction of sp³-hybridized carbons (Fsp3) is 0.0667. The van der Waals surface area contributed by atoms with Crippen molar-refractivity contribution in [1.82, 2.24) is 0 Å². The molecule has 0 amide bonds. The quantitative estimate of drug-likeness (QED) is 0.180. The smallest absolute Gasteiger partial charge is 0.0279 e. The molecule has 0 fully saturated rings. The summed E-state index contributed by atoms with van der Waals surface area (Å²) in [6, 6.07) is 39.0. The average molecular weight is 547 g/mol. The normalized spacial score (nSPS) is 10.3. The molecule has 0 heterocycles. The molecule has 0 unspecified atom stereocenters. The van der Waals surface area contributed by atoms with E-state index in [-0.39, 0.29) is 0 Å². The number of hydrogen-bond donors (Lipinski definition) is 0. The summed E-state index contributed by atoms with van der Waals surface area (Å²) in [6.45, 7) is 4.28. The molecule has 0 bridgehead atoms. The van der Waals surface area contributed by atoms with Crippen molar-refractivity contribution in [3.63, 3.8) is 0 Å². The van der Waals surface area contributed by atoms with Crippen LogP contribution in [0, 0.1) is 13.8 Å². The molecule has 6 aromatic rings. The van der Waals surface area contributed by atoms with Gasteiger partial charge in [0, 0.05) is 0 Å². The zero-order valence-corrected chi connectivity index (χ0v) is 22.6. The molecule has 0 aromatic heterocycles. The Morgan fingerprint density at radius 3 is 1.82 bits per heavy atom. The minimum absolute atomic E-state index is 0.826. The van der Waals surface area contributed by atoms with Gasteiger partial charge >= 0.3 is 37.9 Å². The standard InChI is InChI=1S/C15H13.C15H11.2ClH.Zr/c1-10-3-5-14-12(7-10)9-13-8-11(2)4-6-15(13)14;1-2-6-12(7-3-1)14-10-4-8-13-9-5-11-15(13)14;;;/h3-9H,1-2H3;1-11H;2*1H;/q2*-1;;;+4/p-2. The third-order valence-electron chi connectivity index (χ3n) is 5.78. The molecule has 0 aliphatic heterocycles. The first kappa shape index (κ1) is 24.0. The maximum absolute atomic E-state index is 4.93. The van der Waals surface area contributed by atoms with Crippen LogP contribution in [0.4, 0.5) is 0 Å². The first-order valence-electron chi connectivity index (χ1n) is 10.8. The van der Waals surface area contributed by atoms with Crippen molar-refractivity contribution in [2.24, 2.45) is 0 Å². The summed E-state index contributed by atoms with van der Waals surface area (Å²) >= 11 is -0.826. The van der Waals surface area contributed by atoms with Crippen LogP contribution in [-0.4, -0.2) is 0 Å². The summed E-state index contributed by atoms with van der Waals surface area (Å²) in [5.74, 6) is 0. The Morgan fingerprint density at radius 2 is 1.21 bits per heavy atom. The fourth-order valence-corrected chi connectivity index (χ4v) is 4.29. The van der Waals surface area contributed by atoms with E-state index in [1.807, 2.05) is 0 Å². The van der Waals surface area contributed by atoms with Crippen LogP contribution in [0.25, 0.3) is 43.4 Å². The molecular formula is C30H24Cl2Zr. The van der Waals surface area contributed by atoms with E-state index >= 15 is 0 Å². The van der Waals surface area contributed by atoms with E-state index in [0.717, 1.165) is 0 Å². The molecule has 0 spiro atoms. The molecule has 0 saturated heterocycles. The fourth-order valence-electron chi connectivity index (χ4n) is 4.29. The topological polar surface area (TPSA) is 0 Å². The van der Waals surface area contributed by atoms with E-state index in [1.165, 1.54) is 54.6 Å². The Morgan fingerprint density at radius 1 is 0.606 bits per heavy atom. The predicted octanol–water partition coefficient (Wildman–Crippen LogP) is 9.93. The largest absolute Gasteiger partial charge is 0.168 e. The van der Waals surface area contributed by atoms with Crippen LogP contribution >= 0.6 is 17.0 Å². The maximum Gasteiger partial charge on any atom is -0.0279 e. The molecule has 0 N–H and O–H groups in total. The molecule has 6 rings (SSSR count). The zero-order valence-electron chi connectivity index (χ0n) is 18.6. The van der Waals surface area contributed by atoms with Gasteiger partial charge in [-0.05, 0) is 19.4 Å². The summed E-state index contributed by atoms with van der Waals surface area (Å²) in [4.78, 5) is 0. The number of halogens is 2. The van der Waals surface area contributed by atoms with Gasteiger partial charge in [0.05, 0.1) is 0 Å². The summed E-state index contributed by atoms with van der Waals surface area (Å²) in [5, 5.41) is 8.11. The Hall–Kier alpha value is -2.18. The number of aryl methyl sites for hydroxylation is 2.